The number of hydrogen-bond acceptors (Lipinski definition) is 3. The second-order valence-corrected chi connectivity index (χ2v) is 4.36. The van der Waals surface area contributed by atoms with Crippen molar-refractivity contribution in [2.45, 2.75) is 4.90 Å². The van der Waals surface area contributed by atoms with Gasteiger partial charge in [0.25, 0.3) is 0 Å². The minimum atomic E-state index is -3.63. The Morgan fingerprint density at radius 1 is 1.43 bits per heavy atom. The third-order valence-corrected chi connectivity index (χ3v) is 2.89. The summed E-state index contributed by atoms with van der Waals surface area (Å²) < 4.78 is 35.0. The van der Waals surface area contributed by atoms with Crippen LogP contribution in [0.5, 0.6) is 0 Å². The van der Waals surface area contributed by atoms with Crippen LogP contribution in [-0.4, -0.2) is 43.7 Å². The van der Waals surface area contributed by atoms with Gasteiger partial charge in [-0.2, -0.15) is 5.26 Å². The maximum absolute atomic E-state index is 12.6. The number of rotatable bonds is 2. The fraction of sp³-hybridized carbons (Fsp3) is 0.125. The molecule has 0 aliphatic carbocycles. The van der Waals surface area contributed by atoms with Crippen LogP contribution in [0.25, 0.3) is 0 Å². The summed E-state index contributed by atoms with van der Waals surface area (Å²) in [6.45, 7) is 0. The minimum absolute atomic E-state index is 0. The predicted molar refractivity (Wildman–Crippen MR) is 51.2 cm³/mol. The predicted octanol–water partition coefficient (Wildman–Crippen LogP) is 0.474. The van der Waals surface area contributed by atoms with E-state index in [1.165, 1.54) is 18.2 Å². The van der Waals surface area contributed by atoms with E-state index in [0.717, 1.165) is 12.1 Å². The van der Waals surface area contributed by atoms with Crippen molar-refractivity contribution in [3.63, 3.8) is 0 Å². The molecule has 0 saturated carbocycles. The van der Waals surface area contributed by atoms with Crippen LogP contribution in [0, 0.1) is 17.1 Å². The van der Waals surface area contributed by atoms with Crippen molar-refractivity contribution in [1.82, 2.24) is 0 Å². The van der Waals surface area contributed by atoms with E-state index >= 15 is 0 Å². The molecule has 0 radical (unpaired) electrons. The number of nitriles is 1. The van der Waals surface area contributed by atoms with Crippen molar-refractivity contribution in [1.29, 1.82) is 5.26 Å². The maximum atomic E-state index is 12.6. The number of hydrogen-bond donors (Lipinski definition) is 0. The van der Waals surface area contributed by atoms with Gasteiger partial charge in [0.2, 0.25) is 0 Å². The molecule has 0 unspecified atom stereocenters. The molecule has 0 amide bonds. The zero-order valence-corrected chi connectivity index (χ0v) is 7.38. The van der Waals surface area contributed by atoms with Crippen molar-refractivity contribution in [3.05, 3.63) is 30.1 Å². The molecule has 0 fully saturated rings. The Kier molecular flexibility index (Phi) is 5.31. The molecule has 14 heavy (non-hydrogen) atoms. The van der Waals surface area contributed by atoms with E-state index in [4.69, 9.17) is 5.26 Å². The molecule has 0 heterocycles. The van der Waals surface area contributed by atoms with Crippen LogP contribution in [0.4, 0.5) is 4.39 Å². The van der Waals surface area contributed by atoms with E-state index in [1.54, 1.807) is 0 Å². The summed E-state index contributed by atoms with van der Waals surface area (Å²) in [5, 5.41) is 8.21. The second kappa shape index (κ2) is 5.47. The molecule has 0 saturated heterocycles. The van der Waals surface area contributed by atoms with Gasteiger partial charge in [-0.25, -0.2) is 12.8 Å². The van der Waals surface area contributed by atoms with Crippen LogP contribution >= 0.6 is 0 Å². The zero-order chi connectivity index (χ0) is 9.90. The molecule has 1 aromatic rings. The van der Waals surface area contributed by atoms with Gasteiger partial charge in [-0.3, -0.25) is 0 Å². The zero-order valence-electron chi connectivity index (χ0n) is 6.57. The monoisotopic (exact) mass is 223 g/mol. The topological polar surface area (TPSA) is 57.9 Å². The average Bonchev–Trinajstić information content (AvgIpc) is 2.04. The second-order valence-electron chi connectivity index (χ2n) is 2.37. The fourth-order valence-corrected chi connectivity index (χ4v) is 1.74. The Morgan fingerprint density at radius 3 is 2.57 bits per heavy atom. The molecular weight excluding hydrogens is 216 g/mol. The van der Waals surface area contributed by atoms with Gasteiger partial charge in [0.1, 0.15) is 11.6 Å². The summed E-state index contributed by atoms with van der Waals surface area (Å²) in [6.07, 6.45) is 0. The summed E-state index contributed by atoms with van der Waals surface area (Å²) in [6, 6.07) is 6.11. The van der Waals surface area contributed by atoms with Gasteiger partial charge in [0.15, 0.2) is 9.84 Å². The summed E-state index contributed by atoms with van der Waals surface area (Å²) in [4.78, 5) is -0.158. The number of halogens is 1. The van der Waals surface area contributed by atoms with Crippen molar-refractivity contribution in [2.24, 2.45) is 0 Å². The average molecular weight is 223 g/mol. The summed E-state index contributed by atoms with van der Waals surface area (Å²) >= 11 is 0. The van der Waals surface area contributed by atoms with E-state index in [2.05, 4.69) is 0 Å². The van der Waals surface area contributed by atoms with Crippen molar-refractivity contribution in [3.8, 4) is 6.07 Å². The van der Waals surface area contributed by atoms with E-state index in [-0.39, 0.29) is 34.5 Å². The van der Waals surface area contributed by atoms with Crippen molar-refractivity contribution in [2.75, 3.05) is 5.75 Å². The van der Waals surface area contributed by atoms with Gasteiger partial charge in [-0.05, 0) is 18.2 Å². The van der Waals surface area contributed by atoms with Gasteiger partial charge in [0, 0.05) is 0 Å². The molecular formula is C8H7FNNaO2S. The van der Waals surface area contributed by atoms with Gasteiger partial charge >= 0.3 is 29.6 Å². The molecule has 0 N–H and O–H groups in total. The Bertz CT molecular complexity index is 453. The first-order valence-corrected chi connectivity index (χ1v) is 5.07. The van der Waals surface area contributed by atoms with Gasteiger partial charge in [0.05, 0.1) is 11.0 Å². The quantitative estimate of drug-likeness (QED) is 0.685. The fourth-order valence-electron chi connectivity index (χ4n) is 0.829. The first-order valence-electron chi connectivity index (χ1n) is 3.41. The number of benzene rings is 1. The first-order chi connectivity index (χ1) is 6.06. The van der Waals surface area contributed by atoms with Crippen LogP contribution in [-0.2, 0) is 9.84 Å². The van der Waals surface area contributed by atoms with E-state index in [0.29, 0.717) is 0 Å². The molecule has 0 spiro atoms. The van der Waals surface area contributed by atoms with Crippen molar-refractivity contribution < 1.29 is 12.8 Å². The molecule has 6 heteroatoms. The van der Waals surface area contributed by atoms with E-state index < -0.39 is 21.4 Å². The third kappa shape index (κ3) is 3.39. The van der Waals surface area contributed by atoms with Crippen molar-refractivity contribution >= 4 is 39.4 Å². The molecule has 0 aromatic heterocycles. The molecule has 0 bridgehead atoms. The van der Waals surface area contributed by atoms with Crippen LogP contribution < -0.4 is 0 Å². The Labute approximate surface area is 104 Å². The van der Waals surface area contributed by atoms with Crippen LogP contribution in [0.15, 0.2) is 29.2 Å². The standard InChI is InChI=1S/C8H6FNO2S.Na.H/c9-7-2-1-3-8(6-7)13(11,12)5-4-10;;/h1-3,6H,5H2;;. The van der Waals surface area contributed by atoms with E-state index in [1.807, 2.05) is 0 Å². The van der Waals surface area contributed by atoms with Gasteiger partial charge in [-0.15, -0.1) is 0 Å². The summed E-state index contributed by atoms with van der Waals surface area (Å²) in [5.41, 5.74) is 0. The Hall–Kier alpha value is -0.410. The molecule has 0 atom stereocenters. The first kappa shape index (κ1) is 13.6. The molecule has 70 valence electrons. The van der Waals surface area contributed by atoms with Crippen LogP contribution in [0.2, 0.25) is 0 Å². The van der Waals surface area contributed by atoms with Gasteiger partial charge in [-0.1, -0.05) is 6.07 Å². The molecule has 3 nitrogen and oxygen atoms in total. The number of nitrogens with zero attached hydrogens (tertiary/aromatic N) is 1. The van der Waals surface area contributed by atoms with Gasteiger partial charge < -0.3 is 0 Å². The molecule has 0 aliphatic heterocycles. The summed E-state index contributed by atoms with van der Waals surface area (Å²) in [7, 11) is -3.63. The van der Waals surface area contributed by atoms with Crippen LogP contribution in [0.3, 0.4) is 0 Å². The normalized spacial score (nSPS) is 10.0. The molecule has 1 rings (SSSR count). The summed E-state index contributed by atoms with van der Waals surface area (Å²) in [5.74, 6) is -1.25. The molecule has 1 aromatic carbocycles. The Balaban J connectivity index is 0.00000169. The SMILES string of the molecule is N#CCS(=O)(=O)c1cccc(F)c1.[NaH]. The number of sulfone groups is 1. The Morgan fingerprint density at radius 2 is 2.07 bits per heavy atom. The molecule has 0 aliphatic rings. The van der Waals surface area contributed by atoms with Crippen LogP contribution in [0.1, 0.15) is 0 Å². The van der Waals surface area contributed by atoms with E-state index in [9.17, 15) is 12.8 Å². The third-order valence-electron chi connectivity index (χ3n) is 1.41.